The summed E-state index contributed by atoms with van der Waals surface area (Å²) in [7, 11) is 0. The molecule has 1 aliphatic heterocycles. The molecular formula is C20H28N4O4. The van der Waals surface area contributed by atoms with Gasteiger partial charge in [-0.15, -0.1) is 0 Å². The number of rotatable bonds is 10. The van der Waals surface area contributed by atoms with Crippen LogP contribution in [-0.2, 0) is 20.8 Å². The van der Waals surface area contributed by atoms with Crippen molar-refractivity contribution < 1.29 is 19.2 Å². The van der Waals surface area contributed by atoms with Gasteiger partial charge in [-0.3, -0.25) is 14.4 Å². The van der Waals surface area contributed by atoms with E-state index >= 15 is 0 Å². The summed E-state index contributed by atoms with van der Waals surface area (Å²) in [5.41, 5.74) is 6.34. The summed E-state index contributed by atoms with van der Waals surface area (Å²) in [5, 5.41) is 5.39. The minimum absolute atomic E-state index is 0.131. The molecule has 152 valence electrons. The van der Waals surface area contributed by atoms with E-state index in [9.17, 15) is 19.2 Å². The lowest BCUT2D eigenvalue weighted by Crippen LogP contribution is -2.48. The van der Waals surface area contributed by atoms with Gasteiger partial charge in [-0.1, -0.05) is 44.2 Å². The average Bonchev–Trinajstić information content (AvgIpc) is 2.89. The smallest absolute Gasteiger partial charge is 0.325 e. The molecule has 2 rings (SSSR count). The van der Waals surface area contributed by atoms with Crippen molar-refractivity contribution in [1.82, 2.24) is 15.5 Å². The Labute approximate surface area is 164 Å². The van der Waals surface area contributed by atoms with Gasteiger partial charge < -0.3 is 16.4 Å². The molecule has 0 spiro atoms. The lowest BCUT2D eigenvalue weighted by atomic mass is 10.0. The maximum Gasteiger partial charge on any atom is 0.325 e. The number of urea groups is 1. The highest BCUT2D eigenvalue weighted by Crippen LogP contribution is 2.19. The van der Waals surface area contributed by atoms with E-state index in [1.165, 1.54) is 0 Å². The summed E-state index contributed by atoms with van der Waals surface area (Å²) in [6, 6.07) is 7.12. The van der Waals surface area contributed by atoms with Crippen LogP contribution < -0.4 is 16.4 Å². The molecular weight excluding hydrogens is 360 g/mol. The molecule has 0 saturated carbocycles. The van der Waals surface area contributed by atoms with E-state index in [0.29, 0.717) is 19.4 Å². The molecule has 1 aromatic carbocycles. The van der Waals surface area contributed by atoms with Crippen LogP contribution in [0.4, 0.5) is 4.79 Å². The fourth-order valence-electron chi connectivity index (χ4n) is 3.24. The van der Waals surface area contributed by atoms with Crippen LogP contribution >= 0.6 is 0 Å². The molecule has 2 unspecified atom stereocenters. The number of nitrogens with one attached hydrogen (secondary N) is 2. The summed E-state index contributed by atoms with van der Waals surface area (Å²) >= 11 is 0. The molecule has 5 amide bonds. The Morgan fingerprint density at radius 2 is 1.89 bits per heavy atom. The fourth-order valence-corrected chi connectivity index (χ4v) is 3.24. The first kappa shape index (κ1) is 21.4. The zero-order chi connectivity index (χ0) is 20.7. The molecule has 8 nitrogen and oxygen atoms in total. The second kappa shape index (κ2) is 9.87. The van der Waals surface area contributed by atoms with E-state index in [4.69, 9.17) is 5.73 Å². The third-order valence-corrected chi connectivity index (χ3v) is 4.58. The number of hydrogen-bond acceptors (Lipinski definition) is 4. The van der Waals surface area contributed by atoms with Crippen LogP contribution in [0, 0.1) is 5.92 Å². The van der Waals surface area contributed by atoms with Crippen molar-refractivity contribution in [2.24, 2.45) is 11.7 Å². The first-order valence-electron chi connectivity index (χ1n) is 9.53. The van der Waals surface area contributed by atoms with Crippen molar-refractivity contribution in [3.63, 3.8) is 0 Å². The number of nitrogens with two attached hydrogens (primary N) is 1. The number of primary amides is 1. The predicted molar refractivity (Wildman–Crippen MR) is 104 cm³/mol. The lowest BCUT2D eigenvalue weighted by molar-refractivity contribution is -0.135. The first-order valence-corrected chi connectivity index (χ1v) is 9.53. The number of hydrogen-bond donors (Lipinski definition) is 3. The van der Waals surface area contributed by atoms with Gasteiger partial charge in [0.25, 0.3) is 5.91 Å². The maximum atomic E-state index is 12.5. The number of carbonyl (C=O) groups is 4. The minimum Gasteiger partial charge on any atom is -0.368 e. The standard InChI is InChI=1S/C20H28N4O4/c1-13(2)11-15-19(27)24(20(28)23-15)16(18(21)26)9-6-10-22-17(25)12-14-7-4-3-5-8-14/h3-5,7-8,13,15-16H,6,9-12H2,1-2H3,(H2,21,26)(H,22,25)(H,23,28). The van der Waals surface area contributed by atoms with Crippen LogP contribution in [0.25, 0.3) is 0 Å². The second-order valence-electron chi connectivity index (χ2n) is 7.41. The Morgan fingerprint density at radius 1 is 1.21 bits per heavy atom. The number of nitrogens with zero attached hydrogens (tertiary/aromatic N) is 1. The molecule has 28 heavy (non-hydrogen) atoms. The average molecular weight is 388 g/mol. The Morgan fingerprint density at radius 3 is 2.50 bits per heavy atom. The second-order valence-corrected chi connectivity index (χ2v) is 7.41. The molecule has 0 aliphatic carbocycles. The van der Waals surface area contributed by atoms with Crippen molar-refractivity contribution in [2.75, 3.05) is 6.54 Å². The van der Waals surface area contributed by atoms with Gasteiger partial charge in [-0.05, 0) is 30.7 Å². The third-order valence-electron chi connectivity index (χ3n) is 4.58. The van der Waals surface area contributed by atoms with Crippen LogP contribution in [-0.4, -0.2) is 47.3 Å². The SMILES string of the molecule is CC(C)CC1NC(=O)N(C(CCCNC(=O)Cc2ccccc2)C(N)=O)C1=O. The van der Waals surface area contributed by atoms with E-state index in [-0.39, 0.29) is 24.7 Å². The molecule has 1 saturated heterocycles. The van der Waals surface area contributed by atoms with E-state index in [1.807, 2.05) is 44.2 Å². The van der Waals surface area contributed by atoms with Crippen molar-refractivity contribution in [2.45, 2.75) is 51.6 Å². The zero-order valence-electron chi connectivity index (χ0n) is 16.3. The van der Waals surface area contributed by atoms with Crippen LogP contribution in [0.3, 0.4) is 0 Å². The van der Waals surface area contributed by atoms with Gasteiger partial charge in [0, 0.05) is 6.54 Å². The number of amides is 5. The molecule has 0 radical (unpaired) electrons. The van der Waals surface area contributed by atoms with Gasteiger partial charge in [0.05, 0.1) is 6.42 Å². The quantitative estimate of drug-likeness (QED) is 0.408. The molecule has 0 bridgehead atoms. The van der Waals surface area contributed by atoms with Crippen molar-refractivity contribution in [3.05, 3.63) is 35.9 Å². The Kier molecular flexibility index (Phi) is 7.54. The Balaban J connectivity index is 1.84. The van der Waals surface area contributed by atoms with Crippen molar-refractivity contribution in [1.29, 1.82) is 0 Å². The number of carbonyl (C=O) groups excluding carboxylic acids is 4. The van der Waals surface area contributed by atoms with E-state index in [0.717, 1.165) is 10.5 Å². The highest BCUT2D eigenvalue weighted by atomic mass is 16.2. The molecule has 4 N–H and O–H groups in total. The first-order chi connectivity index (χ1) is 13.3. The molecule has 8 heteroatoms. The summed E-state index contributed by atoms with van der Waals surface area (Å²) in [4.78, 5) is 49.4. The van der Waals surface area contributed by atoms with Gasteiger partial charge in [-0.25, -0.2) is 9.69 Å². The van der Waals surface area contributed by atoms with Crippen LogP contribution in [0.15, 0.2) is 30.3 Å². The summed E-state index contributed by atoms with van der Waals surface area (Å²) in [6.45, 7) is 4.23. The summed E-state index contributed by atoms with van der Waals surface area (Å²) < 4.78 is 0. The Bertz CT molecular complexity index is 720. The molecule has 1 aromatic rings. The molecule has 0 aromatic heterocycles. The minimum atomic E-state index is -1.02. The summed E-state index contributed by atoms with van der Waals surface area (Å²) in [5.74, 6) is -1.06. The maximum absolute atomic E-state index is 12.5. The van der Waals surface area contributed by atoms with Gasteiger partial charge in [0.15, 0.2) is 0 Å². The molecule has 2 atom stereocenters. The van der Waals surface area contributed by atoms with E-state index in [2.05, 4.69) is 10.6 Å². The normalized spacial score (nSPS) is 17.5. The van der Waals surface area contributed by atoms with E-state index < -0.39 is 29.9 Å². The highest BCUT2D eigenvalue weighted by Gasteiger charge is 2.43. The summed E-state index contributed by atoms with van der Waals surface area (Å²) in [6.07, 6.45) is 1.39. The van der Waals surface area contributed by atoms with Crippen molar-refractivity contribution in [3.8, 4) is 0 Å². The topological polar surface area (TPSA) is 122 Å². The van der Waals surface area contributed by atoms with Gasteiger partial charge in [-0.2, -0.15) is 0 Å². The van der Waals surface area contributed by atoms with Crippen LogP contribution in [0.2, 0.25) is 0 Å². The zero-order valence-corrected chi connectivity index (χ0v) is 16.3. The van der Waals surface area contributed by atoms with Gasteiger partial charge >= 0.3 is 6.03 Å². The lowest BCUT2D eigenvalue weighted by Gasteiger charge is -2.22. The molecule has 1 fully saturated rings. The predicted octanol–water partition coefficient (Wildman–Crippen LogP) is 0.946. The Hall–Kier alpha value is -2.90. The number of benzene rings is 1. The van der Waals surface area contributed by atoms with Crippen LogP contribution in [0.1, 0.15) is 38.7 Å². The van der Waals surface area contributed by atoms with Gasteiger partial charge in [0.2, 0.25) is 11.8 Å². The fraction of sp³-hybridized carbons (Fsp3) is 0.500. The van der Waals surface area contributed by atoms with Crippen molar-refractivity contribution >= 4 is 23.8 Å². The van der Waals surface area contributed by atoms with Gasteiger partial charge in [0.1, 0.15) is 12.1 Å². The molecule has 1 aliphatic rings. The molecule has 1 heterocycles. The van der Waals surface area contributed by atoms with Crippen LogP contribution in [0.5, 0.6) is 0 Å². The highest BCUT2D eigenvalue weighted by molar-refractivity contribution is 6.07. The van der Waals surface area contributed by atoms with E-state index in [1.54, 1.807) is 0 Å². The monoisotopic (exact) mass is 388 g/mol. The third kappa shape index (κ3) is 5.80. The number of imide groups is 1. The largest absolute Gasteiger partial charge is 0.368 e.